The molecule has 2 heterocycles. The lowest BCUT2D eigenvalue weighted by atomic mass is 9.88. The summed E-state index contributed by atoms with van der Waals surface area (Å²) in [5, 5.41) is 0. The van der Waals surface area contributed by atoms with Gasteiger partial charge in [-0.2, -0.15) is 0 Å². The van der Waals surface area contributed by atoms with Gasteiger partial charge in [-0.15, -0.1) is 11.3 Å². The molecule has 1 saturated heterocycles. The van der Waals surface area contributed by atoms with Crippen LogP contribution in [0.25, 0.3) is 10.2 Å². The number of nitrogens with one attached hydrogen (secondary N) is 1. The molecule has 0 bridgehead atoms. The normalized spacial score (nSPS) is 15.2. The summed E-state index contributed by atoms with van der Waals surface area (Å²) in [7, 11) is 0. The summed E-state index contributed by atoms with van der Waals surface area (Å²) >= 11 is 3.20. The van der Waals surface area contributed by atoms with Crippen LogP contribution in [0.5, 0.6) is 0 Å². The number of thiazole rings is 1. The van der Waals surface area contributed by atoms with Crippen molar-refractivity contribution in [1.82, 2.24) is 9.88 Å². The Kier molecular flexibility index (Phi) is 6.40. The lowest BCUT2D eigenvalue weighted by molar-refractivity contribution is 0.0681. The molecule has 0 saturated carbocycles. The van der Waals surface area contributed by atoms with Crippen LogP contribution in [0.4, 0.5) is 5.69 Å². The molecule has 29 heavy (non-hydrogen) atoms. The minimum Gasteiger partial charge on any atom is -0.339 e. The van der Waals surface area contributed by atoms with E-state index < -0.39 is 0 Å². The first-order valence-electron chi connectivity index (χ1n) is 10.2. The number of hydrogen-bond donors (Lipinski definition) is 1. The van der Waals surface area contributed by atoms with Gasteiger partial charge in [0.05, 0.1) is 20.6 Å². The highest BCUT2D eigenvalue weighted by molar-refractivity contribution is 8.00. The number of carbonyl (C=O) groups is 1. The summed E-state index contributed by atoms with van der Waals surface area (Å²) in [6.07, 6.45) is 3.53. The van der Waals surface area contributed by atoms with Gasteiger partial charge in [0.25, 0.3) is 5.91 Å². The Bertz CT molecular complexity index is 960. The lowest BCUT2D eigenvalue weighted by Crippen LogP contribution is -2.38. The Morgan fingerprint density at radius 3 is 2.69 bits per heavy atom. The number of carbonyl (C=O) groups excluding carboxylic acids is 1. The van der Waals surface area contributed by atoms with Gasteiger partial charge in [0, 0.05) is 24.3 Å². The van der Waals surface area contributed by atoms with Crippen LogP contribution < -0.4 is 4.72 Å². The van der Waals surface area contributed by atoms with E-state index in [-0.39, 0.29) is 5.91 Å². The summed E-state index contributed by atoms with van der Waals surface area (Å²) in [5.74, 6) is 1.66. The summed E-state index contributed by atoms with van der Waals surface area (Å²) in [6.45, 7) is 6.32. The van der Waals surface area contributed by atoms with E-state index in [1.165, 1.54) is 11.1 Å². The van der Waals surface area contributed by atoms with Gasteiger partial charge in [0.15, 0.2) is 0 Å². The number of anilines is 1. The van der Waals surface area contributed by atoms with E-state index in [2.05, 4.69) is 41.8 Å². The van der Waals surface area contributed by atoms with E-state index in [0.29, 0.717) is 0 Å². The van der Waals surface area contributed by atoms with Gasteiger partial charge in [-0.25, -0.2) is 4.98 Å². The summed E-state index contributed by atoms with van der Waals surface area (Å²) in [6, 6.07) is 14.0. The van der Waals surface area contributed by atoms with Gasteiger partial charge >= 0.3 is 0 Å². The molecule has 2 aromatic carbocycles. The van der Waals surface area contributed by atoms with Crippen LogP contribution in [0.15, 0.2) is 52.9 Å². The molecular formula is C23H27N3OS2. The highest BCUT2D eigenvalue weighted by atomic mass is 32.2. The van der Waals surface area contributed by atoms with Gasteiger partial charge in [0.2, 0.25) is 0 Å². The number of benzene rings is 2. The van der Waals surface area contributed by atoms with Crippen LogP contribution in [0.3, 0.4) is 0 Å². The van der Waals surface area contributed by atoms with E-state index in [1.807, 2.05) is 34.7 Å². The number of piperidine rings is 1. The number of para-hydroxylation sites is 1. The third kappa shape index (κ3) is 4.93. The largest absolute Gasteiger partial charge is 0.339 e. The number of nitrogens with zero attached hydrogens (tertiary/aromatic N) is 2. The smallest absolute Gasteiger partial charge is 0.253 e. The van der Waals surface area contributed by atoms with Gasteiger partial charge in [-0.1, -0.05) is 19.9 Å². The number of hydrogen-bond acceptors (Lipinski definition) is 5. The minimum absolute atomic E-state index is 0.152. The van der Waals surface area contributed by atoms with Crippen molar-refractivity contribution >= 4 is 45.1 Å². The third-order valence-corrected chi connectivity index (χ3v) is 7.12. The maximum absolute atomic E-state index is 12.8. The van der Waals surface area contributed by atoms with Crippen LogP contribution in [0.1, 0.15) is 43.5 Å². The monoisotopic (exact) mass is 425 g/mol. The Morgan fingerprint density at radius 2 is 1.97 bits per heavy atom. The van der Waals surface area contributed by atoms with Crippen molar-refractivity contribution in [3.63, 3.8) is 0 Å². The summed E-state index contributed by atoms with van der Waals surface area (Å²) in [4.78, 5) is 20.4. The standard InChI is InChI=1S/C23H27N3OS2/c1-16(2)14-17-10-12-26(13-11-17)23(27)18-6-8-19(9-7-18)25-29-21-5-3-4-20-22(21)24-15-28-20/h3-9,15-17,25H,10-14H2,1-2H3. The summed E-state index contributed by atoms with van der Waals surface area (Å²) < 4.78 is 4.56. The minimum atomic E-state index is 0.152. The zero-order valence-corrected chi connectivity index (χ0v) is 18.6. The zero-order valence-electron chi connectivity index (χ0n) is 16.9. The zero-order chi connectivity index (χ0) is 20.2. The van der Waals surface area contributed by atoms with Gasteiger partial charge in [-0.3, -0.25) is 4.79 Å². The first-order chi connectivity index (χ1) is 14.1. The SMILES string of the molecule is CC(C)CC1CCN(C(=O)c2ccc(NSc3cccc4scnc34)cc2)CC1. The van der Waals surface area contributed by atoms with E-state index in [9.17, 15) is 4.79 Å². The number of rotatable bonds is 6. The number of likely N-dealkylation sites (tertiary alicyclic amines) is 1. The van der Waals surface area contributed by atoms with E-state index >= 15 is 0 Å². The predicted molar refractivity (Wildman–Crippen MR) is 124 cm³/mol. The fraction of sp³-hybridized carbons (Fsp3) is 0.391. The topological polar surface area (TPSA) is 45.2 Å². The predicted octanol–water partition coefficient (Wildman–Crippen LogP) is 6.31. The van der Waals surface area contributed by atoms with Crippen molar-refractivity contribution in [2.45, 2.75) is 38.0 Å². The highest BCUT2D eigenvalue weighted by Crippen LogP contribution is 2.30. The molecule has 1 amide bonds. The van der Waals surface area contributed by atoms with E-state index in [4.69, 9.17) is 0 Å². The van der Waals surface area contributed by atoms with Crippen LogP contribution in [-0.4, -0.2) is 28.9 Å². The molecule has 0 atom stereocenters. The maximum Gasteiger partial charge on any atom is 0.253 e. The molecule has 0 spiro atoms. The number of aromatic nitrogens is 1. The Morgan fingerprint density at radius 1 is 1.21 bits per heavy atom. The Hall–Kier alpha value is -2.05. The number of amides is 1. The van der Waals surface area contributed by atoms with E-state index in [1.54, 1.807) is 23.3 Å². The van der Waals surface area contributed by atoms with Crippen LogP contribution in [0.2, 0.25) is 0 Å². The quantitative estimate of drug-likeness (QED) is 0.470. The fourth-order valence-electron chi connectivity index (χ4n) is 3.96. The molecule has 1 N–H and O–H groups in total. The average molecular weight is 426 g/mol. The van der Waals surface area contributed by atoms with Crippen LogP contribution >= 0.6 is 23.3 Å². The molecule has 4 nitrogen and oxygen atoms in total. The molecule has 1 fully saturated rings. The van der Waals surface area contributed by atoms with Crippen molar-refractivity contribution in [1.29, 1.82) is 0 Å². The second-order valence-corrected chi connectivity index (χ2v) is 9.84. The van der Waals surface area contributed by atoms with Gasteiger partial charge in [-0.05, 0) is 79.4 Å². The van der Waals surface area contributed by atoms with E-state index in [0.717, 1.165) is 59.4 Å². The number of fused-ring (bicyclic) bond motifs is 1. The van der Waals surface area contributed by atoms with Gasteiger partial charge < -0.3 is 9.62 Å². The molecule has 152 valence electrons. The molecule has 1 aliphatic heterocycles. The van der Waals surface area contributed by atoms with Crippen LogP contribution in [0, 0.1) is 11.8 Å². The molecule has 3 aromatic rings. The van der Waals surface area contributed by atoms with Crippen molar-refractivity contribution in [3.8, 4) is 0 Å². The maximum atomic E-state index is 12.8. The molecule has 1 aliphatic rings. The first kappa shape index (κ1) is 20.2. The average Bonchev–Trinajstić information content (AvgIpc) is 3.22. The van der Waals surface area contributed by atoms with Crippen molar-refractivity contribution < 1.29 is 4.79 Å². The second kappa shape index (κ2) is 9.18. The molecule has 0 unspecified atom stereocenters. The van der Waals surface area contributed by atoms with Crippen molar-refractivity contribution in [2.24, 2.45) is 11.8 Å². The third-order valence-electron chi connectivity index (χ3n) is 5.44. The van der Waals surface area contributed by atoms with Gasteiger partial charge in [0.1, 0.15) is 0 Å². The molecule has 1 aromatic heterocycles. The van der Waals surface area contributed by atoms with Crippen LogP contribution in [-0.2, 0) is 0 Å². The fourth-order valence-corrected chi connectivity index (χ4v) is 5.50. The highest BCUT2D eigenvalue weighted by Gasteiger charge is 2.24. The first-order valence-corrected chi connectivity index (χ1v) is 11.9. The molecule has 0 aliphatic carbocycles. The second-order valence-electron chi connectivity index (χ2n) is 8.10. The van der Waals surface area contributed by atoms with Crippen molar-refractivity contribution in [3.05, 3.63) is 53.5 Å². The molecule has 0 radical (unpaired) electrons. The van der Waals surface area contributed by atoms with Crippen molar-refractivity contribution in [2.75, 3.05) is 17.8 Å². The summed E-state index contributed by atoms with van der Waals surface area (Å²) in [5.41, 5.74) is 4.65. The lowest BCUT2D eigenvalue weighted by Gasteiger charge is -2.32. The Balaban J connectivity index is 1.33. The molecule has 4 rings (SSSR count). The molecular weight excluding hydrogens is 398 g/mol. The Labute approximate surface area is 180 Å². The molecule has 6 heteroatoms.